The zero-order valence-electron chi connectivity index (χ0n) is 10.7. The Balaban J connectivity index is 2.13. The number of hydrogen-bond donors (Lipinski definition) is 1. The zero-order valence-corrected chi connectivity index (χ0v) is 10.7. The van der Waals surface area contributed by atoms with E-state index in [1.165, 1.54) is 19.3 Å². The summed E-state index contributed by atoms with van der Waals surface area (Å²) in [5.41, 5.74) is 1.33. The minimum absolute atomic E-state index is 0.272. The molecule has 1 saturated heterocycles. The smallest absolute Gasteiger partial charge is 0.335 e. The van der Waals surface area contributed by atoms with Crippen LogP contribution in [0.25, 0.3) is 0 Å². The van der Waals surface area contributed by atoms with E-state index in [9.17, 15) is 4.79 Å². The molecule has 4 nitrogen and oxygen atoms in total. The van der Waals surface area contributed by atoms with Gasteiger partial charge in [-0.15, -0.1) is 0 Å². The Kier molecular flexibility index (Phi) is 4.20. The highest BCUT2D eigenvalue weighted by atomic mass is 16.5. The van der Waals surface area contributed by atoms with Gasteiger partial charge in [-0.2, -0.15) is 0 Å². The molecule has 0 atom stereocenters. The van der Waals surface area contributed by atoms with E-state index in [4.69, 9.17) is 9.84 Å². The molecule has 1 aromatic rings. The summed E-state index contributed by atoms with van der Waals surface area (Å²) >= 11 is 0. The lowest BCUT2D eigenvalue weighted by atomic mass is 10.1. The molecule has 98 valence electrons. The molecule has 1 aliphatic rings. The summed E-state index contributed by atoms with van der Waals surface area (Å²) in [5, 5.41) is 8.95. The number of hydrogen-bond acceptors (Lipinski definition) is 3. The molecule has 0 amide bonds. The van der Waals surface area contributed by atoms with Gasteiger partial charge in [0, 0.05) is 12.1 Å². The Labute approximate surface area is 107 Å². The highest BCUT2D eigenvalue weighted by molar-refractivity contribution is 5.88. The van der Waals surface area contributed by atoms with E-state index < -0.39 is 5.97 Å². The minimum atomic E-state index is -0.919. The molecule has 1 fully saturated rings. The van der Waals surface area contributed by atoms with Gasteiger partial charge in [0.05, 0.1) is 12.7 Å². The Bertz CT molecular complexity index is 425. The topological polar surface area (TPSA) is 49.8 Å². The number of ether oxygens (including phenoxy) is 1. The van der Waals surface area contributed by atoms with Crippen LogP contribution in [0.4, 0.5) is 0 Å². The van der Waals surface area contributed by atoms with Crippen molar-refractivity contribution >= 4 is 5.97 Å². The number of piperidine rings is 1. The minimum Gasteiger partial charge on any atom is -0.496 e. The van der Waals surface area contributed by atoms with Gasteiger partial charge in [0.25, 0.3) is 0 Å². The van der Waals surface area contributed by atoms with Crippen LogP contribution >= 0.6 is 0 Å². The summed E-state index contributed by atoms with van der Waals surface area (Å²) in [6, 6.07) is 5.10. The van der Waals surface area contributed by atoms with Crippen LogP contribution in [0.5, 0.6) is 5.75 Å². The summed E-state index contributed by atoms with van der Waals surface area (Å²) in [6.07, 6.45) is 3.80. The number of carboxylic acids is 1. The van der Waals surface area contributed by atoms with Crippen molar-refractivity contribution in [3.05, 3.63) is 29.3 Å². The van der Waals surface area contributed by atoms with E-state index in [0.717, 1.165) is 25.2 Å². The van der Waals surface area contributed by atoms with Gasteiger partial charge in [-0.3, -0.25) is 4.90 Å². The Morgan fingerprint density at radius 3 is 2.67 bits per heavy atom. The molecular weight excluding hydrogens is 230 g/mol. The van der Waals surface area contributed by atoms with Crippen LogP contribution < -0.4 is 4.74 Å². The van der Waals surface area contributed by atoms with Gasteiger partial charge in [-0.25, -0.2) is 4.79 Å². The average molecular weight is 249 g/mol. The molecule has 1 heterocycles. The number of nitrogens with zero attached hydrogens (tertiary/aromatic N) is 1. The molecule has 0 aromatic heterocycles. The number of benzene rings is 1. The third-order valence-corrected chi connectivity index (χ3v) is 3.38. The first-order chi connectivity index (χ1) is 8.70. The summed E-state index contributed by atoms with van der Waals surface area (Å²) in [7, 11) is 1.58. The SMILES string of the molecule is COc1cc(C(=O)O)ccc1CN1CCCCC1. The van der Waals surface area contributed by atoms with E-state index in [-0.39, 0.29) is 5.56 Å². The third-order valence-electron chi connectivity index (χ3n) is 3.38. The Hall–Kier alpha value is -1.55. The Morgan fingerprint density at radius 1 is 1.33 bits per heavy atom. The van der Waals surface area contributed by atoms with E-state index in [1.54, 1.807) is 19.2 Å². The van der Waals surface area contributed by atoms with Crippen LogP contribution in [0.2, 0.25) is 0 Å². The molecule has 0 aliphatic carbocycles. The van der Waals surface area contributed by atoms with Gasteiger partial charge < -0.3 is 9.84 Å². The first kappa shape index (κ1) is 12.9. The fourth-order valence-corrected chi connectivity index (χ4v) is 2.37. The summed E-state index contributed by atoms with van der Waals surface area (Å²) in [6.45, 7) is 3.07. The molecule has 1 aromatic carbocycles. The second-order valence-corrected chi connectivity index (χ2v) is 4.67. The van der Waals surface area contributed by atoms with Crippen LogP contribution in [0.1, 0.15) is 35.2 Å². The monoisotopic (exact) mass is 249 g/mol. The Morgan fingerprint density at radius 2 is 2.06 bits per heavy atom. The van der Waals surface area contributed by atoms with Gasteiger partial charge in [-0.05, 0) is 38.1 Å². The molecule has 1 N–H and O–H groups in total. The maximum absolute atomic E-state index is 10.9. The van der Waals surface area contributed by atoms with Crippen LogP contribution in [-0.2, 0) is 6.54 Å². The first-order valence-corrected chi connectivity index (χ1v) is 6.33. The standard InChI is InChI=1S/C14H19NO3/c1-18-13-9-11(14(16)17)5-6-12(13)10-15-7-3-2-4-8-15/h5-6,9H,2-4,7-8,10H2,1H3,(H,16,17). The van der Waals surface area contributed by atoms with Gasteiger partial charge in [0.1, 0.15) is 5.75 Å². The van der Waals surface area contributed by atoms with Crippen molar-refractivity contribution in [2.75, 3.05) is 20.2 Å². The summed E-state index contributed by atoms with van der Waals surface area (Å²) < 4.78 is 5.29. The second kappa shape index (κ2) is 5.87. The summed E-state index contributed by atoms with van der Waals surface area (Å²) in [5.74, 6) is -0.252. The molecule has 18 heavy (non-hydrogen) atoms. The van der Waals surface area contributed by atoms with E-state index >= 15 is 0 Å². The predicted molar refractivity (Wildman–Crippen MR) is 69.1 cm³/mol. The first-order valence-electron chi connectivity index (χ1n) is 6.33. The van der Waals surface area contributed by atoms with Crippen molar-refractivity contribution in [3.63, 3.8) is 0 Å². The van der Waals surface area contributed by atoms with Crippen LogP contribution in [0.3, 0.4) is 0 Å². The fourth-order valence-electron chi connectivity index (χ4n) is 2.37. The van der Waals surface area contributed by atoms with Gasteiger partial charge in [-0.1, -0.05) is 12.5 Å². The van der Waals surface area contributed by atoms with Crippen molar-refractivity contribution in [1.82, 2.24) is 4.90 Å². The van der Waals surface area contributed by atoms with Crippen molar-refractivity contribution < 1.29 is 14.6 Å². The van der Waals surface area contributed by atoms with E-state index in [0.29, 0.717) is 5.75 Å². The lowest BCUT2D eigenvalue weighted by molar-refractivity contribution is 0.0696. The normalized spacial score (nSPS) is 16.5. The maximum Gasteiger partial charge on any atom is 0.335 e. The molecule has 0 radical (unpaired) electrons. The van der Waals surface area contributed by atoms with Crippen LogP contribution in [-0.4, -0.2) is 36.2 Å². The number of likely N-dealkylation sites (tertiary alicyclic amines) is 1. The van der Waals surface area contributed by atoms with Gasteiger partial charge in [0.2, 0.25) is 0 Å². The quantitative estimate of drug-likeness (QED) is 0.890. The molecule has 0 bridgehead atoms. The molecule has 0 spiro atoms. The molecular formula is C14H19NO3. The largest absolute Gasteiger partial charge is 0.496 e. The lowest BCUT2D eigenvalue weighted by Gasteiger charge is -2.27. The highest BCUT2D eigenvalue weighted by Gasteiger charge is 2.14. The molecule has 2 rings (SSSR count). The average Bonchev–Trinajstić information content (AvgIpc) is 2.40. The molecule has 1 aliphatic heterocycles. The number of methoxy groups -OCH3 is 1. The van der Waals surface area contributed by atoms with Gasteiger partial charge >= 0.3 is 5.97 Å². The van der Waals surface area contributed by atoms with Crippen LogP contribution in [0, 0.1) is 0 Å². The highest BCUT2D eigenvalue weighted by Crippen LogP contribution is 2.23. The third kappa shape index (κ3) is 3.01. The van der Waals surface area contributed by atoms with Crippen LogP contribution in [0.15, 0.2) is 18.2 Å². The predicted octanol–water partition coefficient (Wildman–Crippen LogP) is 2.38. The van der Waals surface area contributed by atoms with E-state index in [2.05, 4.69) is 4.90 Å². The number of carboxylic acid groups (broad SMARTS) is 1. The van der Waals surface area contributed by atoms with E-state index in [1.807, 2.05) is 6.07 Å². The van der Waals surface area contributed by atoms with Gasteiger partial charge in [0.15, 0.2) is 0 Å². The maximum atomic E-state index is 10.9. The zero-order chi connectivity index (χ0) is 13.0. The van der Waals surface area contributed by atoms with Crippen molar-refractivity contribution in [1.29, 1.82) is 0 Å². The number of rotatable bonds is 4. The molecule has 0 saturated carbocycles. The number of carbonyl (C=O) groups is 1. The van der Waals surface area contributed by atoms with Crippen molar-refractivity contribution in [2.45, 2.75) is 25.8 Å². The van der Waals surface area contributed by atoms with Crippen molar-refractivity contribution in [3.8, 4) is 5.75 Å². The number of aromatic carboxylic acids is 1. The fraction of sp³-hybridized carbons (Fsp3) is 0.500. The second-order valence-electron chi connectivity index (χ2n) is 4.67. The molecule has 0 unspecified atom stereocenters. The summed E-state index contributed by atoms with van der Waals surface area (Å²) in [4.78, 5) is 13.3. The lowest BCUT2D eigenvalue weighted by Crippen LogP contribution is -2.29. The molecule has 4 heteroatoms. The van der Waals surface area contributed by atoms with Crippen molar-refractivity contribution in [2.24, 2.45) is 0 Å².